The fraction of sp³-hybridized carbons (Fsp3) is 0.417. The highest BCUT2D eigenvalue weighted by atomic mass is 32.2. The van der Waals surface area contributed by atoms with E-state index in [1.165, 1.54) is 11.9 Å². The molecule has 0 radical (unpaired) electrons. The number of para-hydroxylation sites is 1. The predicted molar refractivity (Wildman–Crippen MR) is 139 cm³/mol. The molecule has 0 amide bonds. The number of nitrogens with one attached hydrogen (secondary N) is 2. The smallest absolute Gasteiger partial charge is 0.239 e. The topological polar surface area (TPSA) is 111 Å². The lowest BCUT2D eigenvalue weighted by molar-refractivity contribution is 0.0972. The van der Waals surface area contributed by atoms with Crippen LogP contribution >= 0.6 is 11.9 Å². The van der Waals surface area contributed by atoms with Gasteiger partial charge in [0.05, 0.1) is 19.5 Å². The van der Waals surface area contributed by atoms with Crippen LogP contribution in [-0.2, 0) is 4.74 Å². The standard InChI is InChI=1S/C24H32N8O3S/c1-7-31-12-11-17(29-31)23-27-28-24(32(23)20-18(33-4)9-8-10-19(20)34-5)30-36-16(3)21(35-6)22-25-13-15(2)14-26-22/h8-14,16-17,21,29H,7H2,1-6H3,(H,28,30). The molecule has 2 aromatic heterocycles. The van der Waals surface area contributed by atoms with Gasteiger partial charge >= 0.3 is 0 Å². The number of rotatable bonds is 11. The maximum Gasteiger partial charge on any atom is 0.239 e. The number of aryl methyl sites for hydroxylation is 1. The summed E-state index contributed by atoms with van der Waals surface area (Å²) in [5.41, 5.74) is 5.12. The molecule has 0 fully saturated rings. The van der Waals surface area contributed by atoms with Crippen LogP contribution in [0.3, 0.4) is 0 Å². The number of hydrogen-bond donors (Lipinski definition) is 2. The summed E-state index contributed by atoms with van der Waals surface area (Å²) in [5, 5.41) is 11.0. The zero-order valence-corrected chi connectivity index (χ0v) is 22.1. The minimum atomic E-state index is -0.322. The van der Waals surface area contributed by atoms with Crippen molar-refractivity contribution in [2.45, 2.75) is 38.2 Å². The van der Waals surface area contributed by atoms with Crippen molar-refractivity contribution in [2.24, 2.45) is 0 Å². The fourth-order valence-electron chi connectivity index (χ4n) is 3.90. The molecule has 3 aromatic rings. The van der Waals surface area contributed by atoms with Gasteiger partial charge in [-0.15, -0.1) is 10.2 Å². The van der Waals surface area contributed by atoms with Crippen LogP contribution in [0.25, 0.3) is 5.69 Å². The highest BCUT2D eigenvalue weighted by Gasteiger charge is 2.29. The average molecular weight is 513 g/mol. The van der Waals surface area contributed by atoms with Gasteiger partial charge in [0.15, 0.2) is 11.6 Å². The second-order valence-corrected chi connectivity index (χ2v) is 9.35. The highest BCUT2D eigenvalue weighted by Crippen LogP contribution is 2.38. The molecule has 0 saturated heterocycles. The zero-order chi connectivity index (χ0) is 25.7. The average Bonchev–Trinajstić information content (AvgIpc) is 3.55. The third-order valence-electron chi connectivity index (χ3n) is 5.77. The molecule has 3 atom stereocenters. The van der Waals surface area contributed by atoms with Crippen LogP contribution < -0.4 is 19.6 Å². The Kier molecular flexibility index (Phi) is 8.28. The van der Waals surface area contributed by atoms with E-state index in [9.17, 15) is 0 Å². The molecule has 1 aliphatic heterocycles. The van der Waals surface area contributed by atoms with E-state index in [2.05, 4.69) is 37.2 Å². The Balaban J connectivity index is 1.68. The predicted octanol–water partition coefficient (Wildman–Crippen LogP) is 3.61. The molecule has 4 rings (SSSR count). The summed E-state index contributed by atoms with van der Waals surface area (Å²) >= 11 is 1.45. The van der Waals surface area contributed by atoms with Crippen molar-refractivity contribution in [1.82, 2.24) is 35.2 Å². The summed E-state index contributed by atoms with van der Waals surface area (Å²) in [7, 11) is 4.91. The van der Waals surface area contributed by atoms with Gasteiger partial charge in [0.2, 0.25) is 5.95 Å². The Morgan fingerprint density at radius 3 is 2.39 bits per heavy atom. The van der Waals surface area contributed by atoms with Crippen LogP contribution in [0.2, 0.25) is 0 Å². The van der Waals surface area contributed by atoms with Crippen molar-refractivity contribution >= 4 is 17.9 Å². The van der Waals surface area contributed by atoms with E-state index in [0.29, 0.717) is 34.8 Å². The molecule has 0 bridgehead atoms. The largest absolute Gasteiger partial charge is 0.494 e. The van der Waals surface area contributed by atoms with Gasteiger partial charge in [0, 0.05) is 32.2 Å². The Morgan fingerprint density at radius 2 is 1.81 bits per heavy atom. The fourth-order valence-corrected chi connectivity index (χ4v) is 4.68. The Bertz CT molecular complexity index is 1160. The molecule has 0 spiro atoms. The first-order chi connectivity index (χ1) is 17.5. The van der Waals surface area contributed by atoms with Gasteiger partial charge in [-0.1, -0.05) is 6.07 Å². The lowest BCUT2D eigenvalue weighted by atomic mass is 10.2. The summed E-state index contributed by atoms with van der Waals surface area (Å²) in [6, 6.07) is 5.46. The van der Waals surface area contributed by atoms with E-state index < -0.39 is 0 Å². The highest BCUT2D eigenvalue weighted by molar-refractivity contribution is 8.01. The van der Waals surface area contributed by atoms with Gasteiger partial charge < -0.3 is 19.2 Å². The van der Waals surface area contributed by atoms with Crippen LogP contribution in [-0.4, -0.2) is 62.9 Å². The number of benzene rings is 1. The van der Waals surface area contributed by atoms with E-state index in [4.69, 9.17) is 14.2 Å². The van der Waals surface area contributed by atoms with Crippen LogP contribution in [0, 0.1) is 6.92 Å². The number of nitrogens with zero attached hydrogens (tertiary/aromatic N) is 6. The van der Waals surface area contributed by atoms with E-state index in [0.717, 1.165) is 12.1 Å². The maximum absolute atomic E-state index is 5.73. The van der Waals surface area contributed by atoms with Gasteiger partial charge in [-0.2, -0.15) is 0 Å². The maximum atomic E-state index is 5.73. The molecular weight excluding hydrogens is 480 g/mol. The quantitative estimate of drug-likeness (QED) is 0.368. The molecule has 2 N–H and O–H groups in total. The van der Waals surface area contributed by atoms with E-state index in [1.54, 1.807) is 33.7 Å². The molecule has 1 aromatic carbocycles. The Morgan fingerprint density at radius 1 is 1.11 bits per heavy atom. The lowest BCUT2D eigenvalue weighted by Crippen LogP contribution is -2.31. The molecule has 36 heavy (non-hydrogen) atoms. The normalized spacial score (nSPS) is 16.7. The van der Waals surface area contributed by atoms with E-state index in [-0.39, 0.29) is 17.4 Å². The third kappa shape index (κ3) is 5.25. The van der Waals surface area contributed by atoms with Crippen molar-refractivity contribution in [1.29, 1.82) is 0 Å². The monoisotopic (exact) mass is 512 g/mol. The first-order valence-corrected chi connectivity index (χ1v) is 12.5. The number of ether oxygens (including phenoxy) is 3. The molecule has 192 valence electrons. The molecular formula is C24H32N8O3S. The zero-order valence-electron chi connectivity index (χ0n) is 21.3. The van der Waals surface area contributed by atoms with Gasteiger partial charge in [-0.3, -0.25) is 9.29 Å². The Labute approximate surface area is 215 Å². The second kappa shape index (κ2) is 11.6. The second-order valence-electron chi connectivity index (χ2n) is 8.16. The first-order valence-electron chi connectivity index (χ1n) is 11.6. The molecule has 3 unspecified atom stereocenters. The minimum Gasteiger partial charge on any atom is -0.494 e. The number of hydrazine groups is 1. The third-order valence-corrected chi connectivity index (χ3v) is 6.69. The summed E-state index contributed by atoms with van der Waals surface area (Å²) < 4.78 is 22.4. The number of anilines is 1. The number of hydrogen-bond acceptors (Lipinski definition) is 11. The van der Waals surface area contributed by atoms with Crippen molar-refractivity contribution in [3.05, 3.63) is 60.1 Å². The van der Waals surface area contributed by atoms with Crippen LogP contribution in [0.4, 0.5) is 5.95 Å². The molecule has 3 heterocycles. The summed E-state index contributed by atoms with van der Waals surface area (Å²) in [6.07, 6.45) is 7.30. The van der Waals surface area contributed by atoms with E-state index in [1.807, 2.05) is 53.9 Å². The van der Waals surface area contributed by atoms with Crippen molar-refractivity contribution in [2.75, 3.05) is 32.6 Å². The van der Waals surface area contributed by atoms with Crippen LogP contribution in [0.15, 0.2) is 42.9 Å². The van der Waals surface area contributed by atoms with Crippen LogP contribution in [0.1, 0.15) is 43.2 Å². The van der Waals surface area contributed by atoms with Gasteiger partial charge in [-0.25, -0.2) is 15.4 Å². The summed E-state index contributed by atoms with van der Waals surface area (Å²) in [5.74, 6) is 3.10. The molecule has 1 aliphatic rings. The molecule has 11 nitrogen and oxygen atoms in total. The van der Waals surface area contributed by atoms with Gasteiger partial charge in [-0.05, 0) is 56.5 Å². The van der Waals surface area contributed by atoms with Crippen molar-refractivity contribution in [3.63, 3.8) is 0 Å². The lowest BCUT2D eigenvalue weighted by Gasteiger charge is -2.23. The van der Waals surface area contributed by atoms with Crippen LogP contribution in [0.5, 0.6) is 11.5 Å². The SMILES string of the molecule is CCN1C=CC(c2nnc(NSC(C)C(OC)c3ncc(C)cn3)n2-c2c(OC)cccc2OC)N1. The summed E-state index contributed by atoms with van der Waals surface area (Å²) in [4.78, 5) is 8.89. The first kappa shape index (κ1) is 25.7. The van der Waals surface area contributed by atoms with Crippen molar-refractivity contribution < 1.29 is 14.2 Å². The number of aromatic nitrogens is 5. The van der Waals surface area contributed by atoms with Gasteiger partial charge in [0.25, 0.3) is 0 Å². The molecule has 12 heteroatoms. The van der Waals surface area contributed by atoms with Crippen molar-refractivity contribution in [3.8, 4) is 17.2 Å². The van der Waals surface area contributed by atoms with Gasteiger partial charge in [0.1, 0.15) is 29.3 Å². The van der Waals surface area contributed by atoms with E-state index >= 15 is 0 Å². The Hall–Kier alpha value is -3.35. The molecule has 0 aliphatic carbocycles. The molecule has 0 saturated carbocycles. The minimum absolute atomic E-state index is 0.0500. The summed E-state index contributed by atoms with van der Waals surface area (Å²) in [6.45, 7) is 6.89. The number of methoxy groups -OCH3 is 3.